The minimum atomic E-state index is -0.0817. The molecule has 3 N–H and O–H groups in total. The molecule has 6 nitrogen and oxygen atoms in total. The average molecular weight is 271 g/mol. The molecule has 0 saturated carbocycles. The van der Waals surface area contributed by atoms with Crippen LogP contribution in [0.25, 0.3) is 11.0 Å². The summed E-state index contributed by atoms with van der Waals surface area (Å²) < 4.78 is 3.82. The van der Waals surface area contributed by atoms with Gasteiger partial charge in [0.2, 0.25) is 0 Å². The van der Waals surface area contributed by atoms with Crippen LogP contribution in [-0.2, 0) is 26.6 Å². The van der Waals surface area contributed by atoms with Crippen molar-refractivity contribution in [2.75, 3.05) is 5.73 Å². The van der Waals surface area contributed by atoms with Crippen molar-refractivity contribution in [2.45, 2.75) is 19.6 Å². The molecule has 1 aromatic carbocycles. The number of anilines is 1. The summed E-state index contributed by atoms with van der Waals surface area (Å²) in [5, 5.41) is 13.6. The van der Waals surface area contributed by atoms with E-state index in [2.05, 4.69) is 10.1 Å². The second kappa shape index (κ2) is 4.97. The monoisotopic (exact) mass is 271 g/mol. The number of nitrogens with two attached hydrogens (primary N) is 1. The molecule has 2 heterocycles. The van der Waals surface area contributed by atoms with Gasteiger partial charge in [-0.05, 0) is 30.2 Å². The quantitative estimate of drug-likeness (QED) is 0.696. The lowest BCUT2D eigenvalue weighted by atomic mass is 10.2. The molecule has 2 aromatic heterocycles. The summed E-state index contributed by atoms with van der Waals surface area (Å²) in [6, 6.07) is 5.63. The van der Waals surface area contributed by atoms with Crippen molar-refractivity contribution in [3.8, 4) is 0 Å². The lowest BCUT2D eigenvalue weighted by molar-refractivity contribution is 0.266. The number of aryl methyl sites for hydroxylation is 3. The van der Waals surface area contributed by atoms with Crippen molar-refractivity contribution < 1.29 is 5.11 Å². The third kappa shape index (κ3) is 2.25. The van der Waals surface area contributed by atoms with E-state index in [4.69, 9.17) is 5.73 Å². The Labute approximate surface area is 116 Å². The van der Waals surface area contributed by atoms with Gasteiger partial charge < -0.3 is 15.4 Å². The summed E-state index contributed by atoms with van der Waals surface area (Å²) in [4.78, 5) is 4.42. The highest BCUT2D eigenvalue weighted by molar-refractivity contribution is 5.79. The Balaban J connectivity index is 1.93. The van der Waals surface area contributed by atoms with Crippen molar-refractivity contribution in [1.29, 1.82) is 0 Å². The standard InChI is InChI=1S/C14H17N5O/c1-18-8-10(7-16-18)4-5-19-13-3-2-11(15)6-12(13)17-14(19)9-20/h2-3,6-8,20H,4-5,9,15H2,1H3. The van der Waals surface area contributed by atoms with Crippen LogP contribution in [0.1, 0.15) is 11.4 Å². The molecule has 0 amide bonds. The molecule has 0 fully saturated rings. The van der Waals surface area contributed by atoms with Crippen molar-refractivity contribution in [1.82, 2.24) is 19.3 Å². The molecular weight excluding hydrogens is 254 g/mol. The van der Waals surface area contributed by atoms with Crippen LogP contribution in [0.4, 0.5) is 5.69 Å². The van der Waals surface area contributed by atoms with E-state index in [-0.39, 0.29) is 6.61 Å². The Bertz CT molecular complexity index is 743. The van der Waals surface area contributed by atoms with Gasteiger partial charge in [-0.1, -0.05) is 0 Å². The molecule has 0 aliphatic rings. The molecule has 0 spiro atoms. The van der Waals surface area contributed by atoms with Crippen LogP contribution < -0.4 is 5.73 Å². The zero-order valence-electron chi connectivity index (χ0n) is 11.3. The minimum absolute atomic E-state index is 0.0817. The van der Waals surface area contributed by atoms with Crippen molar-refractivity contribution >= 4 is 16.7 Å². The number of benzene rings is 1. The molecule has 0 saturated heterocycles. The molecule has 0 unspecified atom stereocenters. The first-order chi connectivity index (χ1) is 9.67. The van der Waals surface area contributed by atoms with E-state index in [1.807, 2.05) is 42.2 Å². The summed E-state index contributed by atoms with van der Waals surface area (Å²) in [6.45, 7) is 0.670. The molecule has 20 heavy (non-hydrogen) atoms. The summed E-state index contributed by atoms with van der Waals surface area (Å²) in [5.74, 6) is 0.662. The van der Waals surface area contributed by atoms with Crippen molar-refractivity contribution in [3.05, 3.63) is 42.0 Å². The largest absolute Gasteiger partial charge is 0.399 e. The maximum Gasteiger partial charge on any atom is 0.135 e. The van der Waals surface area contributed by atoms with Gasteiger partial charge in [0.15, 0.2) is 0 Å². The lowest BCUT2D eigenvalue weighted by Crippen LogP contribution is -2.06. The topological polar surface area (TPSA) is 81.9 Å². The third-order valence-electron chi connectivity index (χ3n) is 3.38. The van der Waals surface area contributed by atoms with Crippen LogP contribution in [-0.4, -0.2) is 24.4 Å². The van der Waals surface area contributed by atoms with Gasteiger partial charge in [0.1, 0.15) is 12.4 Å². The van der Waals surface area contributed by atoms with Crippen molar-refractivity contribution in [2.24, 2.45) is 7.05 Å². The van der Waals surface area contributed by atoms with E-state index in [9.17, 15) is 5.11 Å². The smallest absolute Gasteiger partial charge is 0.135 e. The highest BCUT2D eigenvalue weighted by Gasteiger charge is 2.10. The fraction of sp³-hybridized carbons (Fsp3) is 0.286. The number of aliphatic hydroxyl groups is 1. The van der Waals surface area contributed by atoms with Crippen LogP contribution in [0.2, 0.25) is 0 Å². The number of fused-ring (bicyclic) bond motifs is 1. The Morgan fingerprint density at radius 1 is 1.35 bits per heavy atom. The summed E-state index contributed by atoms with van der Waals surface area (Å²) >= 11 is 0. The molecule has 3 rings (SSSR count). The maximum atomic E-state index is 9.46. The Morgan fingerprint density at radius 2 is 2.20 bits per heavy atom. The predicted molar refractivity (Wildman–Crippen MR) is 77.0 cm³/mol. The minimum Gasteiger partial charge on any atom is -0.399 e. The van der Waals surface area contributed by atoms with Crippen LogP contribution in [0, 0.1) is 0 Å². The number of aromatic nitrogens is 4. The van der Waals surface area contributed by atoms with Gasteiger partial charge in [0.25, 0.3) is 0 Å². The number of hydrogen-bond acceptors (Lipinski definition) is 4. The average Bonchev–Trinajstić information content (AvgIpc) is 2.99. The van der Waals surface area contributed by atoms with E-state index in [1.165, 1.54) is 0 Å². The molecule has 0 bridgehead atoms. The Kier molecular flexibility index (Phi) is 3.15. The zero-order chi connectivity index (χ0) is 14.1. The second-order valence-corrected chi connectivity index (χ2v) is 4.86. The molecule has 3 aromatic rings. The third-order valence-corrected chi connectivity index (χ3v) is 3.38. The number of hydrogen-bond donors (Lipinski definition) is 2. The van der Waals surface area contributed by atoms with Gasteiger partial charge in [-0.25, -0.2) is 4.98 Å². The van der Waals surface area contributed by atoms with Gasteiger partial charge in [0.05, 0.1) is 17.2 Å². The number of imidazole rings is 1. The summed E-state index contributed by atoms with van der Waals surface area (Å²) in [6.07, 6.45) is 4.70. The fourth-order valence-corrected chi connectivity index (χ4v) is 2.41. The fourth-order valence-electron chi connectivity index (χ4n) is 2.41. The second-order valence-electron chi connectivity index (χ2n) is 4.86. The molecule has 0 aliphatic carbocycles. The summed E-state index contributed by atoms with van der Waals surface area (Å²) in [7, 11) is 1.90. The molecule has 6 heteroatoms. The first-order valence-corrected chi connectivity index (χ1v) is 6.50. The molecule has 0 radical (unpaired) electrons. The molecule has 0 aliphatic heterocycles. The van der Waals surface area contributed by atoms with Crippen LogP contribution in [0.15, 0.2) is 30.6 Å². The SMILES string of the molecule is Cn1cc(CCn2c(CO)nc3cc(N)ccc32)cn1. The first-order valence-electron chi connectivity index (χ1n) is 6.50. The Hall–Kier alpha value is -2.34. The van der Waals surface area contributed by atoms with E-state index < -0.39 is 0 Å². The van der Waals surface area contributed by atoms with E-state index in [1.54, 1.807) is 4.68 Å². The van der Waals surface area contributed by atoms with Crippen LogP contribution in [0.5, 0.6) is 0 Å². The van der Waals surface area contributed by atoms with Crippen molar-refractivity contribution in [3.63, 3.8) is 0 Å². The number of nitrogen functional groups attached to an aromatic ring is 1. The first kappa shape index (κ1) is 12.7. The number of aliphatic hydroxyl groups excluding tert-OH is 1. The normalized spacial score (nSPS) is 11.3. The van der Waals surface area contributed by atoms with Gasteiger partial charge in [0, 0.05) is 25.5 Å². The van der Waals surface area contributed by atoms with Gasteiger partial charge in [-0.2, -0.15) is 5.10 Å². The van der Waals surface area contributed by atoms with E-state index >= 15 is 0 Å². The lowest BCUT2D eigenvalue weighted by Gasteiger charge is -2.06. The predicted octanol–water partition coefficient (Wildman–Crippen LogP) is 1.09. The van der Waals surface area contributed by atoms with E-state index in [0.717, 1.165) is 29.6 Å². The maximum absolute atomic E-state index is 9.46. The van der Waals surface area contributed by atoms with Crippen LogP contribution >= 0.6 is 0 Å². The molecule has 0 atom stereocenters. The highest BCUT2D eigenvalue weighted by Crippen LogP contribution is 2.19. The van der Waals surface area contributed by atoms with E-state index in [0.29, 0.717) is 11.5 Å². The number of nitrogens with zero attached hydrogens (tertiary/aromatic N) is 4. The van der Waals surface area contributed by atoms with Gasteiger partial charge in [-0.15, -0.1) is 0 Å². The van der Waals surface area contributed by atoms with Gasteiger partial charge >= 0.3 is 0 Å². The zero-order valence-corrected chi connectivity index (χ0v) is 11.3. The Morgan fingerprint density at radius 3 is 2.90 bits per heavy atom. The highest BCUT2D eigenvalue weighted by atomic mass is 16.3. The van der Waals surface area contributed by atoms with Gasteiger partial charge in [-0.3, -0.25) is 4.68 Å². The molecule has 104 valence electrons. The van der Waals surface area contributed by atoms with Crippen LogP contribution in [0.3, 0.4) is 0 Å². The summed E-state index contributed by atoms with van der Waals surface area (Å²) in [5.41, 5.74) is 9.42. The molecular formula is C14H17N5O. The number of rotatable bonds is 4.